The van der Waals surface area contributed by atoms with E-state index in [1.807, 2.05) is 23.2 Å². The number of aliphatic hydroxyl groups excluding tert-OH is 1. The fraction of sp³-hybridized carbons (Fsp3) is 0.533. The Kier molecular flexibility index (Phi) is 5.96. The number of hydrogen-bond acceptors (Lipinski definition) is 4. The van der Waals surface area contributed by atoms with Gasteiger partial charge in [0.15, 0.2) is 0 Å². The monoisotopic (exact) mass is 309 g/mol. The molecular weight excluding hydrogens is 290 g/mol. The first-order valence-corrected chi connectivity index (χ1v) is 8.92. The first kappa shape index (κ1) is 15.4. The summed E-state index contributed by atoms with van der Waals surface area (Å²) >= 11 is 3.31. The van der Waals surface area contributed by atoms with E-state index >= 15 is 0 Å². The van der Waals surface area contributed by atoms with Crippen LogP contribution in [0.1, 0.15) is 40.9 Å². The second-order valence-electron chi connectivity index (χ2n) is 4.78. The molecule has 5 heteroatoms. The van der Waals surface area contributed by atoms with E-state index < -0.39 is 0 Å². The fourth-order valence-electron chi connectivity index (χ4n) is 2.33. The predicted molar refractivity (Wildman–Crippen MR) is 85.3 cm³/mol. The predicted octanol–water partition coefficient (Wildman–Crippen LogP) is 2.50. The number of carbonyl (C=O) groups excluding carboxylic acids is 1. The summed E-state index contributed by atoms with van der Waals surface area (Å²) in [6.07, 6.45) is 5.87. The summed E-state index contributed by atoms with van der Waals surface area (Å²) in [6, 6.07) is 2.16. The maximum atomic E-state index is 12.3. The smallest absolute Gasteiger partial charge is 0.262 e. The van der Waals surface area contributed by atoms with Gasteiger partial charge in [-0.2, -0.15) is 11.8 Å². The molecule has 1 fully saturated rings. The van der Waals surface area contributed by atoms with Gasteiger partial charge in [0, 0.05) is 23.3 Å². The summed E-state index contributed by atoms with van der Waals surface area (Å²) in [4.78, 5) is 13.0. The molecule has 1 aliphatic rings. The van der Waals surface area contributed by atoms with E-state index in [1.165, 1.54) is 17.8 Å². The van der Waals surface area contributed by atoms with E-state index in [9.17, 15) is 4.79 Å². The van der Waals surface area contributed by atoms with Crippen molar-refractivity contribution in [1.29, 1.82) is 0 Å². The molecule has 0 aromatic carbocycles. The van der Waals surface area contributed by atoms with Crippen LogP contribution in [0.25, 0.3) is 0 Å². The average molecular weight is 309 g/mol. The van der Waals surface area contributed by atoms with Gasteiger partial charge in [0.1, 0.15) is 4.88 Å². The van der Waals surface area contributed by atoms with Crippen molar-refractivity contribution in [2.75, 3.05) is 12.9 Å². The van der Waals surface area contributed by atoms with E-state index in [-0.39, 0.29) is 12.5 Å². The summed E-state index contributed by atoms with van der Waals surface area (Å²) in [5.74, 6) is 5.81. The lowest BCUT2D eigenvalue weighted by Gasteiger charge is -2.12. The molecule has 0 radical (unpaired) electrons. The van der Waals surface area contributed by atoms with Crippen LogP contribution in [-0.2, 0) is 0 Å². The van der Waals surface area contributed by atoms with Crippen LogP contribution < -0.4 is 5.32 Å². The maximum Gasteiger partial charge on any atom is 0.262 e. The highest BCUT2D eigenvalue weighted by Crippen LogP contribution is 2.28. The molecule has 2 rings (SSSR count). The van der Waals surface area contributed by atoms with Crippen LogP contribution in [0, 0.1) is 11.8 Å². The zero-order valence-corrected chi connectivity index (χ0v) is 13.1. The highest BCUT2D eigenvalue weighted by atomic mass is 32.2. The summed E-state index contributed by atoms with van der Waals surface area (Å²) in [7, 11) is 0. The molecule has 3 nitrogen and oxygen atoms in total. The van der Waals surface area contributed by atoms with Crippen LogP contribution in [-0.4, -0.2) is 35.2 Å². The number of thioether (sulfide) groups is 1. The first-order valence-electron chi connectivity index (χ1n) is 6.75. The Morgan fingerprint density at radius 1 is 1.60 bits per heavy atom. The molecular formula is C15H19NO2S2. The second kappa shape index (κ2) is 7.72. The Balaban J connectivity index is 1.97. The summed E-state index contributed by atoms with van der Waals surface area (Å²) in [5.41, 5.74) is 0.764. The van der Waals surface area contributed by atoms with Gasteiger partial charge < -0.3 is 10.4 Å². The van der Waals surface area contributed by atoms with Gasteiger partial charge in [0.05, 0.1) is 6.61 Å². The van der Waals surface area contributed by atoms with Crippen molar-refractivity contribution in [2.45, 2.75) is 37.0 Å². The van der Waals surface area contributed by atoms with Crippen molar-refractivity contribution in [3.63, 3.8) is 0 Å². The third-order valence-corrected chi connectivity index (χ3v) is 5.39. The van der Waals surface area contributed by atoms with Crippen molar-refractivity contribution >= 4 is 29.0 Å². The van der Waals surface area contributed by atoms with Crippen molar-refractivity contribution in [3.8, 4) is 11.8 Å². The molecule has 1 heterocycles. The van der Waals surface area contributed by atoms with Crippen LogP contribution >= 0.6 is 23.1 Å². The number of hydrogen-bond donors (Lipinski definition) is 2. The quantitative estimate of drug-likeness (QED) is 0.840. The number of amides is 1. The molecule has 0 aliphatic heterocycles. The molecule has 1 amide bonds. The first-order chi connectivity index (χ1) is 9.74. The standard InChI is InChI=1S/C15H19NO2S2/c1-19-13-6-5-12(10-13)16-15(18)14-11(7-9-20-14)4-2-3-8-17/h7,9,12-13,17H,3,5-6,8,10H2,1H3,(H,16,18). The van der Waals surface area contributed by atoms with Crippen LogP contribution in [0.4, 0.5) is 0 Å². The van der Waals surface area contributed by atoms with Gasteiger partial charge in [-0.25, -0.2) is 0 Å². The topological polar surface area (TPSA) is 49.3 Å². The minimum Gasteiger partial charge on any atom is -0.395 e. The van der Waals surface area contributed by atoms with E-state index in [1.54, 1.807) is 0 Å². The molecule has 0 bridgehead atoms. The lowest BCUT2D eigenvalue weighted by molar-refractivity contribution is 0.0942. The Bertz CT molecular complexity index is 515. The molecule has 2 unspecified atom stereocenters. The highest BCUT2D eigenvalue weighted by Gasteiger charge is 2.26. The van der Waals surface area contributed by atoms with Crippen molar-refractivity contribution in [3.05, 3.63) is 21.9 Å². The van der Waals surface area contributed by atoms with Gasteiger partial charge in [-0.1, -0.05) is 11.8 Å². The number of aliphatic hydroxyl groups is 1. The van der Waals surface area contributed by atoms with Crippen LogP contribution in [0.3, 0.4) is 0 Å². The Hall–Kier alpha value is -0.960. The number of nitrogens with one attached hydrogen (secondary N) is 1. The third kappa shape index (κ3) is 4.02. The van der Waals surface area contributed by atoms with E-state index in [4.69, 9.17) is 5.11 Å². The van der Waals surface area contributed by atoms with E-state index in [2.05, 4.69) is 23.4 Å². The Labute approximate surface area is 128 Å². The van der Waals surface area contributed by atoms with E-state index in [0.29, 0.717) is 22.6 Å². The van der Waals surface area contributed by atoms with Gasteiger partial charge in [-0.15, -0.1) is 11.3 Å². The summed E-state index contributed by atoms with van der Waals surface area (Å²) in [5, 5.41) is 14.4. The van der Waals surface area contributed by atoms with Crippen molar-refractivity contribution in [1.82, 2.24) is 5.32 Å². The minimum absolute atomic E-state index is 0.0138. The van der Waals surface area contributed by atoms with Crippen molar-refractivity contribution in [2.24, 2.45) is 0 Å². The second-order valence-corrected chi connectivity index (χ2v) is 6.83. The molecule has 2 N–H and O–H groups in total. The number of thiophene rings is 1. The van der Waals surface area contributed by atoms with Crippen LogP contribution in [0.5, 0.6) is 0 Å². The van der Waals surface area contributed by atoms with Gasteiger partial charge in [0.2, 0.25) is 0 Å². The molecule has 0 saturated heterocycles. The zero-order valence-electron chi connectivity index (χ0n) is 11.5. The number of carbonyl (C=O) groups is 1. The molecule has 2 atom stereocenters. The fourth-order valence-corrected chi connectivity index (χ4v) is 3.88. The third-order valence-electron chi connectivity index (χ3n) is 3.38. The molecule has 20 heavy (non-hydrogen) atoms. The Morgan fingerprint density at radius 2 is 2.45 bits per heavy atom. The zero-order chi connectivity index (χ0) is 14.4. The minimum atomic E-state index is -0.0138. The van der Waals surface area contributed by atoms with Gasteiger partial charge >= 0.3 is 0 Å². The molecule has 1 aromatic rings. The highest BCUT2D eigenvalue weighted by molar-refractivity contribution is 7.99. The maximum absolute atomic E-state index is 12.3. The molecule has 108 valence electrons. The largest absolute Gasteiger partial charge is 0.395 e. The van der Waals surface area contributed by atoms with Gasteiger partial charge in [-0.05, 0) is 37.0 Å². The Morgan fingerprint density at radius 3 is 3.15 bits per heavy atom. The average Bonchev–Trinajstić information content (AvgIpc) is 3.07. The SMILES string of the molecule is CSC1CCC(NC(=O)c2sccc2C#CCCO)C1. The normalized spacial score (nSPS) is 21.3. The van der Waals surface area contributed by atoms with Gasteiger partial charge in [0.25, 0.3) is 5.91 Å². The lowest BCUT2D eigenvalue weighted by Crippen LogP contribution is -2.32. The molecule has 0 spiro atoms. The van der Waals surface area contributed by atoms with Gasteiger partial charge in [-0.3, -0.25) is 4.79 Å². The molecule has 1 saturated carbocycles. The van der Waals surface area contributed by atoms with Crippen LogP contribution in [0.15, 0.2) is 11.4 Å². The summed E-state index contributed by atoms with van der Waals surface area (Å²) < 4.78 is 0. The molecule has 1 aliphatic carbocycles. The lowest BCUT2D eigenvalue weighted by atomic mass is 10.2. The van der Waals surface area contributed by atoms with E-state index in [0.717, 1.165) is 18.4 Å². The number of rotatable bonds is 4. The van der Waals surface area contributed by atoms with Crippen LogP contribution in [0.2, 0.25) is 0 Å². The van der Waals surface area contributed by atoms with Crippen molar-refractivity contribution < 1.29 is 9.90 Å². The molecule has 1 aromatic heterocycles. The summed E-state index contributed by atoms with van der Waals surface area (Å²) in [6.45, 7) is 0.0524.